The van der Waals surface area contributed by atoms with Crippen LogP contribution in [0.3, 0.4) is 0 Å². The fourth-order valence-corrected chi connectivity index (χ4v) is 2.95. The van der Waals surface area contributed by atoms with Gasteiger partial charge in [0.1, 0.15) is 0 Å². The van der Waals surface area contributed by atoms with E-state index in [1.54, 1.807) is 31.2 Å². The Hall–Kier alpha value is -1.40. The molecule has 6 heteroatoms. The first-order chi connectivity index (χ1) is 10.0. The molecule has 1 N–H and O–H groups in total. The van der Waals surface area contributed by atoms with Crippen LogP contribution in [0.2, 0.25) is 0 Å². The van der Waals surface area contributed by atoms with Crippen LogP contribution in [0.15, 0.2) is 45.3 Å². The largest absolute Gasteiger partial charge is 0.491 e. The summed E-state index contributed by atoms with van der Waals surface area (Å²) in [6, 6.07) is 9.53. The Morgan fingerprint density at radius 1 is 1.24 bits per heavy atom. The average molecular weight is 417 g/mol. The van der Waals surface area contributed by atoms with E-state index in [2.05, 4.69) is 37.2 Å². The van der Waals surface area contributed by atoms with Crippen molar-refractivity contribution in [2.45, 2.75) is 6.92 Å². The van der Waals surface area contributed by atoms with Crippen molar-refractivity contribution in [2.24, 2.45) is 0 Å². The number of benzene rings is 2. The number of anilines is 1. The van der Waals surface area contributed by atoms with Crippen LogP contribution in [0.4, 0.5) is 10.1 Å². The first-order valence-corrected chi connectivity index (χ1v) is 7.78. The molecule has 0 saturated carbocycles. The number of amides is 1. The number of carbonyl (C=O) groups excluding carboxylic acids is 1. The van der Waals surface area contributed by atoms with Crippen LogP contribution in [-0.2, 0) is 0 Å². The highest BCUT2D eigenvalue weighted by atomic mass is 79.9. The molecule has 1 amide bonds. The number of hydrogen-bond acceptors (Lipinski definition) is 2. The molecule has 0 aromatic heterocycles. The molecule has 0 atom stereocenters. The van der Waals surface area contributed by atoms with E-state index in [9.17, 15) is 9.18 Å². The van der Waals surface area contributed by atoms with Crippen LogP contribution in [-0.4, -0.2) is 12.5 Å². The molecule has 0 aliphatic rings. The van der Waals surface area contributed by atoms with Crippen LogP contribution in [0, 0.1) is 5.82 Å². The van der Waals surface area contributed by atoms with Crippen molar-refractivity contribution in [2.75, 3.05) is 11.9 Å². The van der Waals surface area contributed by atoms with Gasteiger partial charge in [-0.1, -0.05) is 15.9 Å². The molecule has 3 nitrogen and oxygen atoms in total. The normalized spacial score (nSPS) is 10.3. The number of halogens is 3. The van der Waals surface area contributed by atoms with Gasteiger partial charge in [-0.2, -0.15) is 0 Å². The van der Waals surface area contributed by atoms with Gasteiger partial charge in [-0.15, -0.1) is 0 Å². The highest BCUT2D eigenvalue weighted by Gasteiger charge is 2.12. The summed E-state index contributed by atoms with van der Waals surface area (Å²) in [5, 5.41) is 2.65. The first-order valence-electron chi connectivity index (χ1n) is 6.20. The summed E-state index contributed by atoms with van der Waals surface area (Å²) in [7, 11) is 0. The summed E-state index contributed by atoms with van der Waals surface area (Å²) < 4.78 is 20.4. The van der Waals surface area contributed by atoms with Crippen molar-refractivity contribution < 1.29 is 13.9 Å². The zero-order valence-corrected chi connectivity index (χ0v) is 14.3. The van der Waals surface area contributed by atoms with E-state index >= 15 is 0 Å². The van der Waals surface area contributed by atoms with Crippen molar-refractivity contribution in [3.05, 3.63) is 56.7 Å². The highest BCUT2D eigenvalue weighted by Crippen LogP contribution is 2.24. The lowest BCUT2D eigenvalue weighted by atomic mass is 10.2. The Morgan fingerprint density at radius 3 is 2.62 bits per heavy atom. The summed E-state index contributed by atoms with van der Waals surface area (Å²) in [6.45, 7) is 2.16. The topological polar surface area (TPSA) is 38.3 Å². The SMILES string of the molecule is CCOc1ccc(NC(=O)c2ccc(Br)cc2Br)cc1F. The van der Waals surface area contributed by atoms with E-state index in [4.69, 9.17) is 4.74 Å². The monoisotopic (exact) mass is 415 g/mol. The van der Waals surface area contributed by atoms with Crippen molar-refractivity contribution >= 4 is 43.5 Å². The van der Waals surface area contributed by atoms with Gasteiger partial charge >= 0.3 is 0 Å². The molecule has 0 spiro atoms. The number of carbonyl (C=O) groups is 1. The van der Waals surface area contributed by atoms with Gasteiger partial charge in [-0.3, -0.25) is 4.79 Å². The van der Waals surface area contributed by atoms with Gasteiger partial charge in [0.15, 0.2) is 11.6 Å². The van der Waals surface area contributed by atoms with Gasteiger partial charge in [0.2, 0.25) is 0 Å². The zero-order chi connectivity index (χ0) is 15.4. The molecule has 2 aromatic rings. The molecule has 0 unspecified atom stereocenters. The third-order valence-corrected chi connectivity index (χ3v) is 3.81. The van der Waals surface area contributed by atoms with E-state index in [0.29, 0.717) is 22.3 Å². The molecule has 2 rings (SSSR count). The Labute approximate surface area is 138 Å². The van der Waals surface area contributed by atoms with Crippen LogP contribution in [0.5, 0.6) is 5.75 Å². The van der Waals surface area contributed by atoms with Crippen molar-refractivity contribution in [1.29, 1.82) is 0 Å². The fourth-order valence-electron chi connectivity index (χ4n) is 1.72. The lowest BCUT2D eigenvalue weighted by Crippen LogP contribution is -2.12. The summed E-state index contributed by atoms with van der Waals surface area (Å²) in [6.07, 6.45) is 0. The number of rotatable bonds is 4. The lowest BCUT2D eigenvalue weighted by molar-refractivity contribution is 0.102. The second kappa shape index (κ2) is 7.04. The van der Waals surface area contributed by atoms with Crippen molar-refractivity contribution in [3.63, 3.8) is 0 Å². The molecule has 2 aromatic carbocycles. The summed E-state index contributed by atoms with van der Waals surface area (Å²) in [4.78, 5) is 12.2. The van der Waals surface area contributed by atoms with E-state index < -0.39 is 5.82 Å². The predicted molar refractivity (Wildman–Crippen MR) is 87.4 cm³/mol. The maximum atomic E-state index is 13.7. The molecular weight excluding hydrogens is 405 g/mol. The van der Waals surface area contributed by atoms with Crippen LogP contribution in [0.1, 0.15) is 17.3 Å². The van der Waals surface area contributed by atoms with E-state index in [-0.39, 0.29) is 11.7 Å². The van der Waals surface area contributed by atoms with Gasteiger partial charge < -0.3 is 10.1 Å². The van der Waals surface area contributed by atoms with Gasteiger partial charge in [-0.25, -0.2) is 4.39 Å². The Morgan fingerprint density at radius 2 is 2.00 bits per heavy atom. The lowest BCUT2D eigenvalue weighted by Gasteiger charge is -2.09. The minimum atomic E-state index is -0.510. The molecule has 0 radical (unpaired) electrons. The molecule has 0 aliphatic heterocycles. The van der Waals surface area contributed by atoms with Crippen LogP contribution < -0.4 is 10.1 Å². The first kappa shape index (κ1) is 16.0. The van der Waals surface area contributed by atoms with E-state index in [0.717, 1.165) is 4.47 Å². The Balaban J connectivity index is 2.17. The Kier molecular flexibility index (Phi) is 5.36. The smallest absolute Gasteiger partial charge is 0.256 e. The average Bonchev–Trinajstić information content (AvgIpc) is 2.41. The predicted octanol–water partition coefficient (Wildman–Crippen LogP) is 5.00. The fraction of sp³-hybridized carbons (Fsp3) is 0.133. The maximum absolute atomic E-state index is 13.7. The number of nitrogens with one attached hydrogen (secondary N) is 1. The van der Waals surface area contributed by atoms with Crippen LogP contribution >= 0.6 is 31.9 Å². The Bertz CT molecular complexity index is 677. The van der Waals surface area contributed by atoms with Crippen LogP contribution in [0.25, 0.3) is 0 Å². The quantitative estimate of drug-likeness (QED) is 0.761. The number of ether oxygens (including phenoxy) is 1. The summed E-state index contributed by atoms with van der Waals surface area (Å²) in [5.74, 6) is -0.664. The van der Waals surface area contributed by atoms with Crippen molar-refractivity contribution in [1.82, 2.24) is 0 Å². The minimum Gasteiger partial charge on any atom is -0.491 e. The van der Waals surface area contributed by atoms with E-state index in [1.807, 2.05) is 0 Å². The highest BCUT2D eigenvalue weighted by molar-refractivity contribution is 9.11. The molecular formula is C15H12Br2FNO2. The third-order valence-electron chi connectivity index (χ3n) is 2.67. The minimum absolute atomic E-state index is 0.167. The molecule has 110 valence electrons. The molecule has 0 heterocycles. The van der Waals surface area contributed by atoms with Crippen molar-refractivity contribution in [3.8, 4) is 5.75 Å². The zero-order valence-electron chi connectivity index (χ0n) is 11.1. The molecule has 21 heavy (non-hydrogen) atoms. The summed E-state index contributed by atoms with van der Waals surface area (Å²) >= 11 is 6.64. The molecule has 0 fully saturated rings. The molecule has 0 aliphatic carbocycles. The second-order valence-corrected chi connectivity index (χ2v) is 5.93. The third kappa shape index (κ3) is 4.04. The van der Waals surface area contributed by atoms with Gasteiger partial charge in [0, 0.05) is 20.7 Å². The maximum Gasteiger partial charge on any atom is 0.256 e. The standard InChI is InChI=1S/C15H12Br2FNO2/c1-2-21-14-6-4-10(8-13(14)18)19-15(20)11-5-3-9(16)7-12(11)17/h3-8H,2H2,1H3,(H,19,20). The second-order valence-electron chi connectivity index (χ2n) is 4.16. The van der Waals surface area contributed by atoms with E-state index in [1.165, 1.54) is 12.1 Å². The molecule has 0 saturated heterocycles. The van der Waals surface area contributed by atoms with Gasteiger partial charge in [-0.05, 0) is 53.2 Å². The van der Waals surface area contributed by atoms with Gasteiger partial charge in [0.25, 0.3) is 5.91 Å². The molecule has 0 bridgehead atoms. The summed E-state index contributed by atoms with van der Waals surface area (Å²) in [5.41, 5.74) is 0.836. The van der Waals surface area contributed by atoms with Gasteiger partial charge in [0.05, 0.1) is 12.2 Å². The number of hydrogen-bond donors (Lipinski definition) is 1.